The van der Waals surface area contributed by atoms with Gasteiger partial charge < -0.3 is 10.0 Å². The molecule has 0 radical (unpaired) electrons. The summed E-state index contributed by atoms with van der Waals surface area (Å²) in [6.07, 6.45) is 2.82. The molecule has 1 aromatic heterocycles. The molecule has 2 aliphatic rings. The van der Waals surface area contributed by atoms with Crippen LogP contribution in [-0.4, -0.2) is 22.7 Å². The maximum absolute atomic E-state index is 10.4. The molecule has 1 aliphatic carbocycles. The Hall–Kier alpha value is -0.610. The molecule has 1 saturated heterocycles. The highest BCUT2D eigenvalue weighted by molar-refractivity contribution is 7.15. The number of aliphatic hydroxyl groups excluding tert-OH is 1. The van der Waals surface area contributed by atoms with Crippen LogP contribution in [0.4, 0.5) is 5.13 Å². The van der Waals surface area contributed by atoms with E-state index in [1.165, 1.54) is 6.42 Å². The Labute approximate surface area is 132 Å². The van der Waals surface area contributed by atoms with Crippen LogP contribution in [0.3, 0.4) is 0 Å². The predicted octanol–water partition coefficient (Wildman–Crippen LogP) is 4.02. The molecule has 118 valence electrons. The molecule has 1 N–H and O–H groups in total. The summed E-state index contributed by atoms with van der Waals surface area (Å²) >= 11 is 1.72. The van der Waals surface area contributed by atoms with Gasteiger partial charge in [0.15, 0.2) is 5.13 Å². The van der Waals surface area contributed by atoms with E-state index in [4.69, 9.17) is 4.98 Å². The highest BCUT2D eigenvalue weighted by atomic mass is 32.1. The van der Waals surface area contributed by atoms with Crippen molar-refractivity contribution in [3.63, 3.8) is 0 Å². The second-order valence-corrected chi connectivity index (χ2v) is 9.09. The maximum atomic E-state index is 10.4. The van der Waals surface area contributed by atoms with Crippen LogP contribution < -0.4 is 4.90 Å². The van der Waals surface area contributed by atoms with E-state index < -0.39 is 0 Å². The lowest BCUT2D eigenvalue weighted by Crippen LogP contribution is -2.45. The minimum absolute atomic E-state index is 0.159. The van der Waals surface area contributed by atoms with E-state index in [1.54, 1.807) is 11.3 Å². The van der Waals surface area contributed by atoms with Gasteiger partial charge in [-0.1, -0.05) is 39.0 Å². The topological polar surface area (TPSA) is 36.4 Å². The third-order valence-electron chi connectivity index (χ3n) is 5.25. The quantitative estimate of drug-likeness (QED) is 0.851. The van der Waals surface area contributed by atoms with Gasteiger partial charge in [0, 0.05) is 12.6 Å². The predicted molar refractivity (Wildman–Crippen MR) is 88.9 cm³/mol. The van der Waals surface area contributed by atoms with Crippen LogP contribution >= 0.6 is 11.3 Å². The highest BCUT2D eigenvalue weighted by Gasteiger charge is 2.36. The van der Waals surface area contributed by atoms with Crippen molar-refractivity contribution < 1.29 is 5.11 Å². The van der Waals surface area contributed by atoms with Crippen LogP contribution in [0.15, 0.2) is 0 Å². The van der Waals surface area contributed by atoms with Crippen LogP contribution in [0, 0.1) is 17.3 Å². The summed E-state index contributed by atoms with van der Waals surface area (Å²) in [7, 11) is 0. The van der Waals surface area contributed by atoms with Gasteiger partial charge in [0.1, 0.15) is 0 Å². The van der Waals surface area contributed by atoms with Gasteiger partial charge in [-0.25, -0.2) is 4.98 Å². The molecule has 1 aliphatic heterocycles. The molecule has 3 rings (SSSR count). The van der Waals surface area contributed by atoms with E-state index >= 15 is 0 Å². The third-order valence-corrected chi connectivity index (χ3v) is 6.49. The van der Waals surface area contributed by atoms with Gasteiger partial charge in [-0.3, -0.25) is 0 Å². The first-order valence-corrected chi connectivity index (χ1v) is 9.03. The second kappa shape index (κ2) is 5.24. The van der Waals surface area contributed by atoms with Gasteiger partial charge in [0.05, 0.1) is 16.7 Å². The molecule has 1 fully saturated rings. The van der Waals surface area contributed by atoms with Crippen molar-refractivity contribution in [3.05, 3.63) is 10.6 Å². The number of hydrogen-bond acceptors (Lipinski definition) is 4. The number of aromatic nitrogens is 1. The van der Waals surface area contributed by atoms with Gasteiger partial charge in [-0.15, -0.1) is 0 Å². The molecule has 0 bridgehead atoms. The van der Waals surface area contributed by atoms with Gasteiger partial charge >= 0.3 is 0 Å². The molecule has 4 heteroatoms. The Morgan fingerprint density at radius 3 is 2.71 bits per heavy atom. The van der Waals surface area contributed by atoms with Crippen molar-refractivity contribution in [2.45, 2.75) is 66.0 Å². The molecule has 0 saturated carbocycles. The maximum Gasteiger partial charge on any atom is 0.186 e. The number of thiazole rings is 1. The summed E-state index contributed by atoms with van der Waals surface area (Å²) in [6.45, 7) is 12.5. The van der Waals surface area contributed by atoms with Crippen LogP contribution in [0.25, 0.3) is 0 Å². The van der Waals surface area contributed by atoms with Crippen molar-refractivity contribution >= 4 is 16.5 Å². The lowest BCUT2D eigenvalue weighted by Gasteiger charge is -2.41. The Morgan fingerprint density at radius 1 is 1.29 bits per heavy atom. The normalized spacial score (nSPS) is 35.6. The Kier molecular flexibility index (Phi) is 3.81. The second-order valence-electron chi connectivity index (χ2n) is 8.08. The van der Waals surface area contributed by atoms with Gasteiger partial charge in [0.25, 0.3) is 0 Å². The molecular weight excluding hydrogens is 280 g/mol. The molecule has 3 nitrogen and oxygen atoms in total. The zero-order valence-corrected chi connectivity index (χ0v) is 14.7. The van der Waals surface area contributed by atoms with E-state index in [0.29, 0.717) is 12.0 Å². The van der Waals surface area contributed by atoms with Crippen molar-refractivity contribution in [3.8, 4) is 0 Å². The standard InChI is InChI=1S/C17H28N2OS/c1-10-6-11(2)12(3)19(9-10)16-18-13-7-17(4,5)8-14(20)15(13)21-16/h10-12,14,20H,6-9H2,1-5H3. The Balaban J connectivity index is 1.91. The number of anilines is 1. The molecule has 0 spiro atoms. The van der Waals surface area contributed by atoms with Crippen LogP contribution in [0.2, 0.25) is 0 Å². The zero-order valence-electron chi connectivity index (χ0n) is 13.9. The first-order valence-electron chi connectivity index (χ1n) is 8.21. The largest absolute Gasteiger partial charge is 0.387 e. The number of hydrogen-bond donors (Lipinski definition) is 1. The fourth-order valence-electron chi connectivity index (χ4n) is 3.97. The summed E-state index contributed by atoms with van der Waals surface area (Å²) in [5.74, 6) is 1.43. The first kappa shape index (κ1) is 15.3. The minimum Gasteiger partial charge on any atom is -0.387 e. The fourth-order valence-corrected chi connectivity index (χ4v) is 5.14. The molecule has 0 aromatic carbocycles. The Bertz CT molecular complexity index is 525. The number of rotatable bonds is 1. The highest BCUT2D eigenvalue weighted by Crippen LogP contribution is 2.45. The molecule has 1 aromatic rings. The average molecular weight is 308 g/mol. The molecule has 4 atom stereocenters. The van der Waals surface area contributed by atoms with Crippen molar-refractivity contribution in [1.29, 1.82) is 0 Å². The number of nitrogens with zero attached hydrogens (tertiary/aromatic N) is 2. The van der Waals surface area contributed by atoms with E-state index in [1.807, 2.05) is 0 Å². The van der Waals surface area contributed by atoms with Crippen LogP contribution in [0.1, 0.15) is 64.1 Å². The van der Waals surface area contributed by atoms with E-state index in [9.17, 15) is 5.11 Å². The first-order chi connectivity index (χ1) is 9.77. The van der Waals surface area contributed by atoms with Gasteiger partial charge in [-0.2, -0.15) is 0 Å². The Morgan fingerprint density at radius 2 is 2.00 bits per heavy atom. The number of piperidine rings is 1. The van der Waals surface area contributed by atoms with Crippen LogP contribution in [0.5, 0.6) is 0 Å². The molecule has 2 heterocycles. The van der Waals surface area contributed by atoms with Crippen molar-refractivity contribution in [2.24, 2.45) is 17.3 Å². The van der Waals surface area contributed by atoms with Crippen LogP contribution in [-0.2, 0) is 6.42 Å². The molecule has 21 heavy (non-hydrogen) atoms. The van der Waals surface area contributed by atoms with Gasteiger partial charge in [0.2, 0.25) is 0 Å². The third kappa shape index (κ3) is 2.85. The summed E-state index contributed by atoms with van der Waals surface area (Å²) < 4.78 is 0. The van der Waals surface area contributed by atoms with E-state index in [2.05, 4.69) is 39.5 Å². The van der Waals surface area contributed by atoms with Crippen molar-refractivity contribution in [1.82, 2.24) is 4.98 Å². The van der Waals surface area contributed by atoms with E-state index in [-0.39, 0.29) is 11.5 Å². The van der Waals surface area contributed by atoms with Gasteiger partial charge in [-0.05, 0) is 43.4 Å². The summed E-state index contributed by atoms with van der Waals surface area (Å²) in [6, 6.07) is 0.541. The number of aliphatic hydroxyl groups is 1. The molecular formula is C17H28N2OS. The fraction of sp³-hybridized carbons (Fsp3) is 0.824. The van der Waals surface area contributed by atoms with Crippen molar-refractivity contribution in [2.75, 3.05) is 11.4 Å². The monoisotopic (exact) mass is 308 g/mol. The minimum atomic E-state index is -0.329. The molecule has 4 unspecified atom stereocenters. The van der Waals surface area contributed by atoms with E-state index in [0.717, 1.165) is 41.0 Å². The zero-order chi connectivity index (χ0) is 15.4. The average Bonchev–Trinajstić information content (AvgIpc) is 2.76. The number of fused-ring (bicyclic) bond motifs is 1. The smallest absolute Gasteiger partial charge is 0.186 e. The summed E-state index contributed by atoms with van der Waals surface area (Å²) in [5.41, 5.74) is 1.29. The summed E-state index contributed by atoms with van der Waals surface area (Å²) in [4.78, 5) is 8.51. The molecule has 0 amide bonds. The summed E-state index contributed by atoms with van der Waals surface area (Å²) in [5, 5.41) is 11.6. The SMILES string of the molecule is CC1CC(C)C(C)N(c2nc3c(s2)C(O)CC(C)(C)C3)C1. The lowest BCUT2D eigenvalue weighted by molar-refractivity contribution is 0.102. The lowest BCUT2D eigenvalue weighted by atomic mass is 9.77.